The molecule has 1 aliphatic rings. The van der Waals surface area contributed by atoms with Crippen molar-refractivity contribution in [2.24, 2.45) is 0 Å². The van der Waals surface area contributed by atoms with Gasteiger partial charge in [0.1, 0.15) is 0 Å². The third kappa shape index (κ3) is 2.88. The van der Waals surface area contributed by atoms with E-state index in [-0.39, 0.29) is 19.3 Å². The zero-order valence-corrected chi connectivity index (χ0v) is 9.93. The van der Waals surface area contributed by atoms with Crippen LogP contribution >= 0.6 is 0 Å². The summed E-state index contributed by atoms with van der Waals surface area (Å²) >= 11 is 0. The number of ether oxygens (including phenoxy) is 3. The average molecular weight is 237 g/mol. The van der Waals surface area contributed by atoms with Crippen LogP contribution in [0.4, 0.5) is 0 Å². The Hall–Kier alpha value is -1.75. The molecule has 92 valence electrons. The Morgan fingerprint density at radius 3 is 2.94 bits per heavy atom. The molecule has 1 aliphatic heterocycles. The molecule has 0 unspecified atom stereocenters. The lowest BCUT2D eigenvalue weighted by Crippen LogP contribution is -2.26. The molecule has 0 saturated carbocycles. The number of nitrogens with zero attached hydrogens (tertiary/aromatic N) is 1. The summed E-state index contributed by atoms with van der Waals surface area (Å²) in [6, 6.07) is 5.76. The van der Waals surface area contributed by atoms with Gasteiger partial charge < -0.3 is 14.2 Å². The maximum absolute atomic E-state index is 11.1. The van der Waals surface area contributed by atoms with Crippen molar-refractivity contribution < 1.29 is 19.0 Å². The van der Waals surface area contributed by atoms with E-state index in [1.165, 1.54) is 7.11 Å². The Balaban J connectivity index is 1.97. The van der Waals surface area contributed by atoms with Crippen molar-refractivity contribution in [3.63, 3.8) is 0 Å². The number of esters is 1. The van der Waals surface area contributed by atoms with Crippen molar-refractivity contribution in [2.45, 2.75) is 6.54 Å². The summed E-state index contributed by atoms with van der Waals surface area (Å²) in [4.78, 5) is 13.0. The summed E-state index contributed by atoms with van der Waals surface area (Å²) in [5.74, 6) is 1.28. The van der Waals surface area contributed by atoms with Gasteiger partial charge in [0.15, 0.2) is 11.5 Å². The molecule has 0 N–H and O–H groups in total. The Kier molecular flexibility index (Phi) is 3.49. The number of carbonyl (C=O) groups excluding carboxylic acids is 1. The fourth-order valence-corrected chi connectivity index (χ4v) is 1.69. The highest BCUT2D eigenvalue weighted by atomic mass is 16.7. The highest BCUT2D eigenvalue weighted by molar-refractivity contribution is 5.71. The van der Waals surface area contributed by atoms with Crippen molar-refractivity contribution in [3.05, 3.63) is 23.8 Å². The van der Waals surface area contributed by atoms with E-state index in [1.807, 2.05) is 30.1 Å². The van der Waals surface area contributed by atoms with Crippen LogP contribution in [0.1, 0.15) is 5.56 Å². The van der Waals surface area contributed by atoms with Gasteiger partial charge in [-0.3, -0.25) is 9.69 Å². The average Bonchev–Trinajstić information content (AvgIpc) is 2.75. The first-order chi connectivity index (χ1) is 8.19. The minimum Gasteiger partial charge on any atom is -0.468 e. The molecule has 2 rings (SSSR count). The number of rotatable bonds is 4. The van der Waals surface area contributed by atoms with Crippen LogP contribution in [0.3, 0.4) is 0 Å². The quantitative estimate of drug-likeness (QED) is 0.732. The van der Waals surface area contributed by atoms with Crippen LogP contribution in [0.25, 0.3) is 0 Å². The van der Waals surface area contributed by atoms with Crippen LogP contribution in [-0.2, 0) is 16.1 Å². The van der Waals surface area contributed by atoms with E-state index in [4.69, 9.17) is 9.47 Å². The molecule has 1 aromatic carbocycles. The van der Waals surface area contributed by atoms with Crippen molar-refractivity contribution in [1.82, 2.24) is 4.90 Å². The van der Waals surface area contributed by atoms with Crippen LogP contribution in [0.5, 0.6) is 11.5 Å². The van der Waals surface area contributed by atoms with E-state index in [0.717, 1.165) is 17.1 Å². The highest BCUT2D eigenvalue weighted by Crippen LogP contribution is 2.32. The summed E-state index contributed by atoms with van der Waals surface area (Å²) in [5.41, 5.74) is 1.07. The van der Waals surface area contributed by atoms with Crippen LogP contribution in [0, 0.1) is 0 Å². The van der Waals surface area contributed by atoms with Gasteiger partial charge in [-0.15, -0.1) is 0 Å². The number of benzene rings is 1. The summed E-state index contributed by atoms with van der Waals surface area (Å²) in [6.45, 7) is 1.20. The maximum Gasteiger partial charge on any atom is 0.319 e. The monoisotopic (exact) mass is 237 g/mol. The van der Waals surface area contributed by atoms with Crippen LogP contribution in [0.2, 0.25) is 0 Å². The first-order valence-electron chi connectivity index (χ1n) is 5.33. The summed E-state index contributed by atoms with van der Waals surface area (Å²) < 4.78 is 15.1. The van der Waals surface area contributed by atoms with Gasteiger partial charge in [-0.1, -0.05) is 6.07 Å². The van der Waals surface area contributed by atoms with Crippen LogP contribution < -0.4 is 9.47 Å². The van der Waals surface area contributed by atoms with Crippen LogP contribution in [0.15, 0.2) is 18.2 Å². The summed E-state index contributed by atoms with van der Waals surface area (Å²) in [7, 11) is 3.25. The lowest BCUT2D eigenvalue weighted by molar-refractivity contribution is -0.141. The number of hydrogen-bond donors (Lipinski definition) is 0. The molecule has 0 saturated heterocycles. The fourth-order valence-electron chi connectivity index (χ4n) is 1.69. The zero-order chi connectivity index (χ0) is 12.3. The molecule has 1 aromatic rings. The second kappa shape index (κ2) is 5.05. The van der Waals surface area contributed by atoms with Gasteiger partial charge in [-0.05, 0) is 24.7 Å². The van der Waals surface area contributed by atoms with E-state index in [1.54, 1.807) is 0 Å². The number of likely N-dealkylation sites (N-methyl/N-ethyl adjacent to an activating group) is 1. The Morgan fingerprint density at radius 2 is 2.18 bits per heavy atom. The minimum atomic E-state index is -0.242. The van der Waals surface area contributed by atoms with Crippen molar-refractivity contribution in [3.8, 4) is 11.5 Å². The summed E-state index contributed by atoms with van der Waals surface area (Å²) in [5, 5.41) is 0. The van der Waals surface area contributed by atoms with E-state index in [2.05, 4.69) is 4.74 Å². The molecule has 0 aliphatic carbocycles. The Morgan fingerprint density at radius 1 is 1.41 bits per heavy atom. The van der Waals surface area contributed by atoms with Gasteiger partial charge in [0.05, 0.1) is 13.7 Å². The largest absolute Gasteiger partial charge is 0.468 e. The molecule has 17 heavy (non-hydrogen) atoms. The molecular formula is C12H15NO4. The lowest BCUT2D eigenvalue weighted by atomic mass is 10.2. The number of carbonyl (C=O) groups is 1. The van der Waals surface area contributed by atoms with Gasteiger partial charge in [-0.2, -0.15) is 0 Å². The molecule has 5 nitrogen and oxygen atoms in total. The van der Waals surface area contributed by atoms with E-state index in [9.17, 15) is 4.79 Å². The molecule has 0 amide bonds. The van der Waals surface area contributed by atoms with Gasteiger partial charge in [0.25, 0.3) is 0 Å². The third-order valence-electron chi connectivity index (χ3n) is 2.52. The SMILES string of the molecule is COC(=O)CN(C)Cc1ccc2c(c1)OCO2. The van der Waals surface area contributed by atoms with Crippen molar-refractivity contribution in [1.29, 1.82) is 0 Å². The number of fused-ring (bicyclic) bond motifs is 1. The molecular weight excluding hydrogens is 222 g/mol. The highest BCUT2D eigenvalue weighted by Gasteiger charge is 2.14. The topological polar surface area (TPSA) is 48.0 Å². The molecule has 1 heterocycles. The smallest absolute Gasteiger partial charge is 0.319 e. The van der Waals surface area contributed by atoms with E-state index < -0.39 is 0 Å². The number of methoxy groups -OCH3 is 1. The fraction of sp³-hybridized carbons (Fsp3) is 0.417. The predicted octanol–water partition coefficient (Wildman–Crippen LogP) is 1.02. The molecule has 0 atom stereocenters. The summed E-state index contributed by atoms with van der Waals surface area (Å²) in [6.07, 6.45) is 0. The second-order valence-electron chi connectivity index (χ2n) is 3.94. The van der Waals surface area contributed by atoms with E-state index >= 15 is 0 Å². The Labute approximate surface area is 99.9 Å². The molecule has 5 heteroatoms. The molecule has 0 aromatic heterocycles. The van der Waals surface area contributed by atoms with Gasteiger partial charge in [-0.25, -0.2) is 0 Å². The molecule has 0 radical (unpaired) electrons. The normalized spacial score (nSPS) is 12.9. The molecule has 0 fully saturated rings. The maximum atomic E-state index is 11.1. The number of hydrogen-bond acceptors (Lipinski definition) is 5. The van der Waals surface area contributed by atoms with Crippen molar-refractivity contribution in [2.75, 3.05) is 27.5 Å². The van der Waals surface area contributed by atoms with Crippen molar-refractivity contribution >= 4 is 5.97 Å². The second-order valence-corrected chi connectivity index (χ2v) is 3.94. The molecule has 0 bridgehead atoms. The molecule has 0 spiro atoms. The van der Waals surface area contributed by atoms with Gasteiger partial charge >= 0.3 is 5.97 Å². The standard InChI is InChI=1S/C12H15NO4/c1-13(7-12(14)15-2)6-9-3-4-10-11(5-9)17-8-16-10/h3-5H,6-8H2,1-2H3. The lowest BCUT2D eigenvalue weighted by Gasteiger charge is -2.15. The zero-order valence-electron chi connectivity index (χ0n) is 9.93. The van der Waals surface area contributed by atoms with Crippen LogP contribution in [-0.4, -0.2) is 38.4 Å². The van der Waals surface area contributed by atoms with E-state index in [0.29, 0.717) is 6.54 Å². The third-order valence-corrected chi connectivity index (χ3v) is 2.52. The first kappa shape index (κ1) is 11.7. The minimum absolute atomic E-state index is 0.242. The first-order valence-corrected chi connectivity index (χ1v) is 5.33. The van der Waals surface area contributed by atoms with Gasteiger partial charge in [0.2, 0.25) is 6.79 Å². The van der Waals surface area contributed by atoms with Gasteiger partial charge in [0, 0.05) is 6.54 Å². The predicted molar refractivity (Wildman–Crippen MR) is 60.9 cm³/mol. The Bertz CT molecular complexity index is 419.